The highest BCUT2D eigenvalue weighted by molar-refractivity contribution is 9.10. The van der Waals surface area contributed by atoms with Crippen LogP contribution in [-0.4, -0.2) is 24.3 Å². The van der Waals surface area contributed by atoms with Crippen molar-refractivity contribution in [3.05, 3.63) is 33.3 Å². The Bertz CT molecular complexity index is 585. The number of anilines is 1. The second-order valence-electron chi connectivity index (χ2n) is 4.88. The maximum Gasteiger partial charge on any atom is 0.164 e. The first-order valence-electron chi connectivity index (χ1n) is 5.91. The van der Waals surface area contributed by atoms with Crippen molar-refractivity contribution < 1.29 is 0 Å². The van der Waals surface area contributed by atoms with Gasteiger partial charge < -0.3 is 4.90 Å². The number of aryl methyl sites for hydroxylation is 3. The van der Waals surface area contributed by atoms with Crippen LogP contribution in [0.4, 0.5) is 5.82 Å². The molecule has 1 aromatic carbocycles. The molecule has 0 fully saturated rings. The van der Waals surface area contributed by atoms with Gasteiger partial charge in [0, 0.05) is 19.7 Å². The van der Waals surface area contributed by atoms with Crippen LogP contribution in [0, 0.1) is 20.8 Å². The van der Waals surface area contributed by atoms with Gasteiger partial charge in [0.25, 0.3) is 0 Å². The van der Waals surface area contributed by atoms with E-state index in [0.717, 1.165) is 16.0 Å². The van der Waals surface area contributed by atoms with E-state index in [4.69, 9.17) is 0 Å². The molecule has 1 N–H and O–H groups in total. The van der Waals surface area contributed by atoms with Crippen LogP contribution in [0.15, 0.2) is 16.6 Å². The molecule has 18 heavy (non-hydrogen) atoms. The van der Waals surface area contributed by atoms with Crippen molar-refractivity contribution >= 4 is 21.7 Å². The summed E-state index contributed by atoms with van der Waals surface area (Å²) in [6.45, 7) is 6.40. The van der Waals surface area contributed by atoms with Gasteiger partial charge in [0.2, 0.25) is 0 Å². The number of nitrogens with one attached hydrogen (secondary N) is 1. The number of halogens is 1. The topological polar surface area (TPSA) is 31.9 Å². The summed E-state index contributed by atoms with van der Waals surface area (Å²) in [5, 5.41) is 7.46. The van der Waals surface area contributed by atoms with Gasteiger partial charge in [-0.05, 0) is 59.5 Å². The normalized spacial score (nSPS) is 10.8. The average Bonchev–Trinajstić information content (AvgIpc) is 2.66. The molecule has 0 aliphatic carbocycles. The second-order valence-corrected chi connectivity index (χ2v) is 5.68. The van der Waals surface area contributed by atoms with Crippen LogP contribution in [0.2, 0.25) is 0 Å². The number of nitrogens with zero attached hydrogens (tertiary/aromatic N) is 2. The van der Waals surface area contributed by atoms with Gasteiger partial charge in [-0.15, -0.1) is 0 Å². The van der Waals surface area contributed by atoms with E-state index in [0.29, 0.717) is 0 Å². The largest absolute Gasteiger partial charge is 0.360 e. The molecule has 0 atom stereocenters. The van der Waals surface area contributed by atoms with Gasteiger partial charge in [-0.3, -0.25) is 5.10 Å². The number of hydrogen-bond donors (Lipinski definition) is 1. The third-order valence-electron chi connectivity index (χ3n) is 3.22. The van der Waals surface area contributed by atoms with E-state index in [1.54, 1.807) is 0 Å². The Morgan fingerprint density at radius 1 is 1.06 bits per heavy atom. The van der Waals surface area contributed by atoms with Crippen molar-refractivity contribution in [2.24, 2.45) is 0 Å². The van der Waals surface area contributed by atoms with E-state index in [9.17, 15) is 0 Å². The predicted octanol–water partition coefficient (Wildman–Crippen LogP) is 3.83. The molecule has 2 aromatic rings. The molecule has 0 spiro atoms. The Balaban J connectivity index is 2.59. The first-order chi connectivity index (χ1) is 8.41. The fourth-order valence-electron chi connectivity index (χ4n) is 2.02. The van der Waals surface area contributed by atoms with Crippen LogP contribution in [-0.2, 0) is 0 Å². The van der Waals surface area contributed by atoms with Gasteiger partial charge in [-0.25, -0.2) is 0 Å². The van der Waals surface area contributed by atoms with E-state index in [1.165, 1.54) is 22.3 Å². The third kappa shape index (κ3) is 2.17. The molecule has 1 aromatic heterocycles. The Labute approximate surface area is 116 Å². The monoisotopic (exact) mass is 307 g/mol. The van der Waals surface area contributed by atoms with Gasteiger partial charge in [0.1, 0.15) is 0 Å². The van der Waals surface area contributed by atoms with Crippen LogP contribution in [0.25, 0.3) is 11.3 Å². The van der Waals surface area contributed by atoms with Crippen LogP contribution >= 0.6 is 15.9 Å². The molecule has 0 saturated carbocycles. The Kier molecular flexibility index (Phi) is 3.48. The highest BCUT2D eigenvalue weighted by Crippen LogP contribution is 2.35. The van der Waals surface area contributed by atoms with E-state index < -0.39 is 0 Å². The zero-order valence-electron chi connectivity index (χ0n) is 11.4. The molecule has 0 aliphatic heterocycles. The summed E-state index contributed by atoms with van der Waals surface area (Å²) in [5.41, 5.74) is 6.11. The average molecular weight is 308 g/mol. The first kappa shape index (κ1) is 13.1. The number of aromatic nitrogens is 2. The molecule has 0 amide bonds. The number of rotatable bonds is 2. The SMILES string of the molecule is Cc1cc(C)c(-c2[nH]nc(N(C)C)c2Br)cc1C. The molecule has 96 valence electrons. The number of hydrogen-bond acceptors (Lipinski definition) is 2. The summed E-state index contributed by atoms with van der Waals surface area (Å²) in [7, 11) is 3.97. The molecular weight excluding hydrogens is 290 g/mol. The predicted molar refractivity (Wildman–Crippen MR) is 80.3 cm³/mol. The quantitative estimate of drug-likeness (QED) is 0.914. The lowest BCUT2D eigenvalue weighted by Gasteiger charge is -2.10. The molecule has 4 heteroatoms. The summed E-state index contributed by atoms with van der Waals surface area (Å²) >= 11 is 3.63. The third-order valence-corrected chi connectivity index (χ3v) is 3.97. The van der Waals surface area contributed by atoms with Gasteiger partial charge in [-0.2, -0.15) is 5.10 Å². The van der Waals surface area contributed by atoms with E-state index in [1.807, 2.05) is 19.0 Å². The lowest BCUT2D eigenvalue weighted by molar-refractivity contribution is 1.01. The summed E-state index contributed by atoms with van der Waals surface area (Å²) in [5.74, 6) is 0.919. The molecule has 0 aliphatic rings. The number of H-pyrrole nitrogens is 1. The Hall–Kier alpha value is -1.29. The Morgan fingerprint density at radius 3 is 2.22 bits per heavy atom. The molecule has 0 radical (unpaired) electrons. The minimum atomic E-state index is 0.919. The zero-order valence-corrected chi connectivity index (χ0v) is 13.0. The minimum absolute atomic E-state index is 0.919. The summed E-state index contributed by atoms with van der Waals surface area (Å²) in [6.07, 6.45) is 0. The highest BCUT2D eigenvalue weighted by Gasteiger charge is 2.15. The molecule has 0 unspecified atom stereocenters. The van der Waals surface area contributed by atoms with Crippen LogP contribution in [0.1, 0.15) is 16.7 Å². The number of aromatic amines is 1. The summed E-state index contributed by atoms with van der Waals surface area (Å²) in [6, 6.07) is 4.43. The standard InChI is InChI=1S/C14H18BrN3/c1-8-6-10(3)11(7-9(8)2)13-12(15)14(17-16-13)18(4)5/h6-7H,1-5H3,(H,16,17). The van der Waals surface area contributed by atoms with Crippen molar-refractivity contribution in [2.45, 2.75) is 20.8 Å². The molecule has 3 nitrogen and oxygen atoms in total. The van der Waals surface area contributed by atoms with Crippen molar-refractivity contribution in [3.8, 4) is 11.3 Å². The zero-order chi connectivity index (χ0) is 13.4. The minimum Gasteiger partial charge on any atom is -0.360 e. The summed E-state index contributed by atoms with van der Waals surface area (Å²) < 4.78 is 1.01. The maximum atomic E-state index is 4.34. The maximum absolute atomic E-state index is 4.34. The molecule has 0 bridgehead atoms. The fraction of sp³-hybridized carbons (Fsp3) is 0.357. The van der Waals surface area contributed by atoms with Crippen molar-refractivity contribution in [1.82, 2.24) is 10.2 Å². The lowest BCUT2D eigenvalue weighted by atomic mass is 9.99. The van der Waals surface area contributed by atoms with Crippen LogP contribution < -0.4 is 4.90 Å². The van der Waals surface area contributed by atoms with Crippen LogP contribution in [0.5, 0.6) is 0 Å². The lowest BCUT2D eigenvalue weighted by Crippen LogP contribution is -2.09. The van der Waals surface area contributed by atoms with Crippen molar-refractivity contribution in [2.75, 3.05) is 19.0 Å². The number of benzene rings is 1. The second kappa shape index (κ2) is 4.76. The Morgan fingerprint density at radius 2 is 1.67 bits per heavy atom. The first-order valence-corrected chi connectivity index (χ1v) is 6.70. The smallest absolute Gasteiger partial charge is 0.164 e. The molecule has 2 rings (SSSR count). The summed E-state index contributed by atoms with van der Waals surface area (Å²) in [4.78, 5) is 1.99. The van der Waals surface area contributed by atoms with E-state index >= 15 is 0 Å². The van der Waals surface area contributed by atoms with Gasteiger partial charge in [-0.1, -0.05) is 6.07 Å². The molecular formula is C14H18BrN3. The fourth-order valence-corrected chi connectivity index (χ4v) is 2.77. The van der Waals surface area contributed by atoms with Crippen LogP contribution in [0.3, 0.4) is 0 Å². The van der Waals surface area contributed by atoms with Gasteiger partial charge in [0.05, 0.1) is 10.2 Å². The molecule has 1 heterocycles. The van der Waals surface area contributed by atoms with E-state index in [-0.39, 0.29) is 0 Å². The van der Waals surface area contributed by atoms with E-state index in [2.05, 4.69) is 59.0 Å². The van der Waals surface area contributed by atoms with Gasteiger partial charge in [0.15, 0.2) is 5.82 Å². The van der Waals surface area contributed by atoms with Crippen molar-refractivity contribution in [1.29, 1.82) is 0 Å². The van der Waals surface area contributed by atoms with Gasteiger partial charge >= 0.3 is 0 Å². The van der Waals surface area contributed by atoms with Crippen molar-refractivity contribution in [3.63, 3.8) is 0 Å². The highest BCUT2D eigenvalue weighted by atomic mass is 79.9. The molecule has 0 saturated heterocycles.